The zero-order valence-electron chi connectivity index (χ0n) is 7.29. The van der Waals surface area contributed by atoms with Crippen molar-refractivity contribution in [2.75, 3.05) is 0 Å². The van der Waals surface area contributed by atoms with Gasteiger partial charge in [0.15, 0.2) is 0 Å². The second-order valence-corrected chi connectivity index (χ2v) is 3.15. The summed E-state index contributed by atoms with van der Waals surface area (Å²) in [5, 5.41) is 18.0. The number of aliphatic carboxylic acids is 1. The van der Waals surface area contributed by atoms with Crippen molar-refractivity contribution in [1.29, 1.82) is 0 Å². The molecule has 0 heterocycles. The lowest BCUT2D eigenvalue weighted by Gasteiger charge is -2.27. The van der Waals surface area contributed by atoms with Crippen LogP contribution in [0.5, 0.6) is 0 Å². The molecule has 0 radical (unpaired) electrons. The van der Waals surface area contributed by atoms with Gasteiger partial charge >= 0.3 is 5.97 Å². The Hall–Kier alpha value is -0.570. The van der Waals surface area contributed by atoms with Crippen LogP contribution in [0.25, 0.3) is 0 Å². The molecule has 11 heavy (non-hydrogen) atoms. The summed E-state index contributed by atoms with van der Waals surface area (Å²) in [5.74, 6) is -0.922. The maximum Gasteiger partial charge on any atom is 0.311 e. The molecule has 0 saturated heterocycles. The van der Waals surface area contributed by atoms with E-state index in [-0.39, 0.29) is 0 Å². The number of hydrogen-bond donors (Lipinski definition) is 2. The number of carboxylic acids is 1. The summed E-state index contributed by atoms with van der Waals surface area (Å²) in [6.45, 7) is 5.00. The van der Waals surface area contributed by atoms with Crippen LogP contribution in [0.1, 0.15) is 33.6 Å². The molecule has 0 aliphatic heterocycles. The van der Waals surface area contributed by atoms with Crippen molar-refractivity contribution in [3.63, 3.8) is 0 Å². The van der Waals surface area contributed by atoms with E-state index in [1.807, 2.05) is 6.92 Å². The molecule has 0 saturated carbocycles. The monoisotopic (exact) mass is 160 g/mol. The van der Waals surface area contributed by atoms with Crippen molar-refractivity contribution >= 4 is 5.97 Å². The van der Waals surface area contributed by atoms with Gasteiger partial charge in [-0.1, -0.05) is 13.3 Å². The van der Waals surface area contributed by atoms with Crippen molar-refractivity contribution in [1.82, 2.24) is 0 Å². The minimum atomic E-state index is -0.977. The second-order valence-electron chi connectivity index (χ2n) is 3.15. The van der Waals surface area contributed by atoms with Crippen LogP contribution in [-0.4, -0.2) is 22.3 Å². The van der Waals surface area contributed by atoms with Crippen molar-refractivity contribution in [2.45, 2.75) is 39.7 Å². The minimum Gasteiger partial charge on any atom is -0.481 e. The van der Waals surface area contributed by atoms with Gasteiger partial charge in [0.25, 0.3) is 0 Å². The first-order chi connectivity index (χ1) is 4.95. The summed E-state index contributed by atoms with van der Waals surface area (Å²) in [7, 11) is 0. The fourth-order valence-electron chi connectivity index (χ4n) is 1.01. The van der Waals surface area contributed by atoms with Gasteiger partial charge in [-0.25, -0.2) is 0 Å². The van der Waals surface area contributed by atoms with Gasteiger partial charge in [-0.3, -0.25) is 4.79 Å². The van der Waals surface area contributed by atoms with Gasteiger partial charge in [-0.05, 0) is 20.3 Å². The molecular formula is C8H16O3. The smallest absolute Gasteiger partial charge is 0.311 e. The van der Waals surface area contributed by atoms with Gasteiger partial charge in [-0.2, -0.15) is 0 Å². The Balaban J connectivity index is 4.38. The highest BCUT2D eigenvalue weighted by atomic mass is 16.4. The Bertz CT molecular complexity index is 142. The summed E-state index contributed by atoms with van der Waals surface area (Å²) in [5.41, 5.74) is -0.977. The highest BCUT2D eigenvalue weighted by molar-refractivity contribution is 5.74. The second kappa shape index (κ2) is 3.72. The summed E-state index contributed by atoms with van der Waals surface area (Å²) in [6, 6.07) is 0. The molecule has 0 aliphatic carbocycles. The molecule has 0 fully saturated rings. The fraction of sp³-hybridized carbons (Fsp3) is 0.875. The summed E-state index contributed by atoms with van der Waals surface area (Å²) >= 11 is 0. The molecule has 0 aromatic rings. The van der Waals surface area contributed by atoms with E-state index in [0.717, 1.165) is 6.42 Å². The third-order valence-electron chi connectivity index (χ3n) is 2.18. The average molecular weight is 160 g/mol. The molecule has 0 rings (SSSR count). The molecule has 3 nitrogen and oxygen atoms in total. The van der Waals surface area contributed by atoms with Gasteiger partial charge in [0, 0.05) is 0 Å². The molecule has 0 aliphatic rings. The molecule has 2 atom stereocenters. The van der Waals surface area contributed by atoms with E-state index in [1.54, 1.807) is 6.92 Å². The van der Waals surface area contributed by atoms with Crippen molar-refractivity contribution in [3.05, 3.63) is 0 Å². The van der Waals surface area contributed by atoms with Crippen LogP contribution in [-0.2, 0) is 4.79 Å². The quantitative estimate of drug-likeness (QED) is 0.651. The molecule has 3 heteroatoms. The first-order valence-electron chi connectivity index (χ1n) is 3.86. The Morgan fingerprint density at radius 3 is 2.18 bits per heavy atom. The van der Waals surface area contributed by atoms with Gasteiger partial charge < -0.3 is 10.2 Å². The van der Waals surface area contributed by atoms with Crippen LogP contribution < -0.4 is 0 Å². The number of carbonyl (C=O) groups is 1. The average Bonchev–Trinajstić information content (AvgIpc) is 1.87. The van der Waals surface area contributed by atoms with E-state index in [4.69, 9.17) is 5.11 Å². The lowest BCUT2D eigenvalue weighted by Crippen LogP contribution is -2.37. The molecule has 2 N–H and O–H groups in total. The first-order valence-corrected chi connectivity index (χ1v) is 3.86. The molecule has 0 aromatic heterocycles. The van der Waals surface area contributed by atoms with Crippen LogP contribution in [0.4, 0.5) is 0 Å². The summed E-state index contributed by atoms with van der Waals surface area (Å²) in [6.07, 6.45) is 0.494. The van der Waals surface area contributed by atoms with Crippen LogP contribution in [0.15, 0.2) is 0 Å². The Morgan fingerprint density at radius 1 is 1.64 bits per heavy atom. The molecule has 0 spiro atoms. The van der Waals surface area contributed by atoms with E-state index in [0.29, 0.717) is 6.42 Å². The predicted octanol–water partition coefficient (Wildman–Crippen LogP) is 1.26. The highest BCUT2D eigenvalue weighted by Crippen LogP contribution is 2.27. The van der Waals surface area contributed by atoms with Gasteiger partial charge in [0.2, 0.25) is 0 Å². The lowest BCUT2D eigenvalue weighted by molar-refractivity contribution is -0.154. The largest absolute Gasteiger partial charge is 0.481 e. The van der Waals surface area contributed by atoms with Crippen molar-refractivity contribution < 1.29 is 15.0 Å². The third-order valence-corrected chi connectivity index (χ3v) is 2.18. The Morgan fingerprint density at radius 2 is 2.09 bits per heavy atom. The van der Waals surface area contributed by atoms with Gasteiger partial charge in [0.05, 0.1) is 11.5 Å². The molecule has 0 amide bonds. The van der Waals surface area contributed by atoms with Crippen molar-refractivity contribution in [2.24, 2.45) is 5.41 Å². The molecule has 0 aromatic carbocycles. The molecular weight excluding hydrogens is 144 g/mol. The minimum absolute atomic E-state index is 0.514. The van der Waals surface area contributed by atoms with E-state index >= 15 is 0 Å². The molecule has 2 unspecified atom stereocenters. The first kappa shape index (κ1) is 10.4. The Kier molecular flexibility index (Phi) is 3.52. The number of rotatable bonds is 4. The lowest BCUT2D eigenvalue weighted by atomic mass is 9.81. The highest BCUT2D eigenvalue weighted by Gasteiger charge is 2.36. The SMILES string of the molecule is CCCC(C)(C(=O)O)C(C)O. The topological polar surface area (TPSA) is 57.5 Å². The normalized spacial score (nSPS) is 18.9. The van der Waals surface area contributed by atoms with Gasteiger partial charge in [-0.15, -0.1) is 0 Å². The summed E-state index contributed by atoms with van der Waals surface area (Å²) in [4.78, 5) is 10.7. The number of hydrogen-bond acceptors (Lipinski definition) is 2. The van der Waals surface area contributed by atoms with Crippen LogP contribution in [0.2, 0.25) is 0 Å². The van der Waals surface area contributed by atoms with Crippen LogP contribution in [0.3, 0.4) is 0 Å². The maximum absolute atomic E-state index is 10.7. The fourth-order valence-corrected chi connectivity index (χ4v) is 1.01. The third kappa shape index (κ3) is 2.19. The van der Waals surface area contributed by atoms with E-state index in [2.05, 4.69) is 0 Å². The molecule has 0 bridgehead atoms. The number of aliphatic hydroxyl groups excluding tert-OH is 1. The number of aliphatic hydroxyl groups is 1. The maximum atomic E-state index is 10.7. The Labute approximate surface area is 67.0 Å². The zero-order chi connectivity index (χ0) is 9.07. The van der Waals surface area contributed by atoms with Crippen molar-refractivity contribution in [3.8, 4) is 0 Å². The summed E-state index contributed by atoms with van der Waals surface area (Å²) < 4.78 is 0. The standard InChI is InChI=1S/C8H16O3/c1-4-5-8(3,6(2)9)7(10)11/h6,9H,4-5H2,1-3H3,(H,10,11). The zero-order valence-corrected chi connectivity index (χ0v) is 7.29. The van der Waals surface area contributed by atoms with E-state index in [1.165, 1.54) is 6.92 Å². The predicted molar refractivity (Wildman–Crippen MR) is 42.3 cm³/mol. The van der Waals surface area contributed by atoms with Crippen LogP contribution in [0, 0.1) is 5.41 Å². The number of carboxylic acid groups (broad SMARTS) is 1. The molecule has 66 valence electrons. The van der Waals surface area contributed by atoms with E-state index in [9.17, 15) is 9.90 Å². The van der Waals surface area contributed by atoms with E-state index < -0.39 is 17.5 Å². The van der Waals surface area contributed by atoms with Gasteiger partial charge in [0.1, 0.15) is 0 Å². The van der Waals surface area contributed by atoms with Crippen LogP contribution >= 0.6 is 0 Å².